The molecule has 6 rings (SSSR count). The molecule has 2 bridgehead atoms. The van der Waals surface area contributed by atoms with Crippen molar-refractivity contribution in [2.24, 2.45) is 0 Å². The lowest BCUT2D eigenvalue weighted by Gasteiger charge is -2.32. The summed E-state index contributed by atoms with van der Waals surface area (Å²) in [6, 6.07) is 12.5. The van der Waals surface area contributed by atoms with Crippen LogP contribution in [0.4, 0.5) is 10.8 Å². The standard InChI is InChI=1S/C24H22N10S/c1-14(8-25)29-20-7-21(22-5-4-18-6-15(9-26)10-28-34(18)22)27-11-19(20)23-31-32-24(35-23)33-12-16-2-3-17(13-33)30-16/h4-7,10-11,14,16-17,30H,2-3,12-13H2,1H3,(H,27,29)/t14-,16?,17?/m1/s1. The van der Waals surface area contributed by atoms with Crippen molar-refractivity contribution in [3.05, 3.63) is 42.2 Å². The predicted octanol–water partition coefficient (Wildman–Crippen LogP) is 3.05. The van der Waals surface area contributed by atoms with Crippen LogP contribution in [-0.4, -0.2) is 56.0 Å². The molecule has 11 heteroatoms. The number of nitriles is 2. The molecule has 2 fully saturated rings. The Kier molecular flexibility index (Phi) is 5.29. The zero-order valence-corrected chi connectivity index (χ0v) is 19.8. The van der Waals surface area contributed by atoms with Crippen molar-refractivity contribution in [1.82, 2.24) is 30.1 Å². The first-order valence-electron chi connectivity index (χ1n) is 11.5. The third-order valence-corrected chi connectivity index (χ3v) is 7.51. The summed E-state index contributed by atoms with van der Waals surface area (Å²) in [4.78, 5) is 7.03. The normalized spacial score (nSPS) is 19.9. The minimum atomic E-state index is -0.402. The van der Waals surface area contributed by atoms with Gasteiger partial charge in [0.1, 0.15) is 12.1 Å². The molecule has 0 spiro atoms. The lowest BCUT2D eigenvalue weighted by molar-refractivity contribution is 0.465. The molecule has 2 aliphatic rings. The van der Waals surface area contributed by atoms with Crippen molar-refractivity contribution in [2.75, 3.05) is 23.3 Å². The summed E-state index contributed by atoms with van der Waals surface area (Å²) in [5, 5.41) is 40.5. The maximum atomic E-state index is 9.42. The molecule has 10 nitrogen and oxygen atoms in total. The maximum Gasteiger partial charge on any atom is 0.208 e. The first-order chi connectivity index (χ1) is 17.1. The largest absolute Gasteiger partial charge is 0.369 e. The molecule has 174 valence electrons. The van der Waals surface area contributed by atoms with Crippen molar-refractivity contribution in [1.29, 1.82) is 10.5 Å². The van der Waals surface area contributed by atoms with E-state index in [4.69, 9.17) is 10.2 Å². The Morgan fingerprint density at radius 1 is 1.14 bits per heavy atom. The van der Waals surface area contributed by atoms with Crippen LogP contribution in [0.5, 0.6) is 0 Å². The van der Waals surface area contributed by atoms with Gasteiger partial charge in [-0.3, -0.25) is 4.98 Å². The topological polar surface area (TPSA) is 131 Å². The number of nitrogens with zero attached hydrogens (tertiary/aromatic N) is 8. The molecule has 2 aliphatic heterocycles. The third-order valence-electron chi connectivity index (χ3n) is 6.49. The zero-order valence-electron chi connectivity index (χ0n) is 19.0. The Labute approximate surface area is 205 Å². The highest BCUT2D eigenvalue weighted by atomic mass is 32.1. The summed E-state index contributed by atoms with van der Waals surface area (Å²) >= 11 is 1.55. The van der Waals surface area contributed by atoms with E-state index >= 15 is 0 Å². The SMILES string of the molecule is C[C@H](C#N)Nc1cc(-c2ccc3cc(C#N)cnn23)ncc1-c1nnc(N2CC3CCC(C2)N3)s1. The van der Waals surface area contributed by atoms with Gasteiger partial charge in [0.15, 0.2) is 5.01 Å². The van der Waals surface area contributed by atoms with Gasteiger partial charge in [-0.2, -0.15) is 15.6 Å². The smallest absolute Gasteiger partial charge is 0.208 e. The van der Waals surface area contributed by atoms with Crippen LogP contribution in [0.2, 0.25) is 0 Å². The summed E-state index contributed by atoms with van der Waals surface area (Å²) < 4.78 is 1.75. The van der Waals surface area contributed by atoms with Crippen LogP contribution in [0.3, 0.4) is 0 Å². The summed E-state index contributed by atoms with van der Waals surface area (Å²) in [5.41, 5.74) is 4.36. The van der Waals surface area contributed by atoms with E-state index in [-0.39, 0.29) is 0 Å². The van der Waals surface area contributed by atoms with E-state index in [1.807, 2.05) is 25.1 Å². The second kappa shape index (κ2) is 8.62. The number of hydrogen-bond acceptors (Lipinski definition) is 10. The molecule has 4 aromatic heterocycles. The monoisotopic (exact) mass is 482 g/mol. The van der Waals surface area contributed by atoms with Crippen LogP contribution < -0.4 is 15.5 Å². The molecular formula is C24H22N10S. The average molecular weight is 483 g/mol. The third kappa shape index (κ3) is 3.95. The molecule has 35 heavy (non-hydrogen) atoms. The van der Waals surface area contributed by atoms with E-state index in [0.29, 0.717) is 23.3 Å². The van der Waals surface area contributed by atoms with Crippen molar-refractivity contribution >= 4 is 27.7 Å². The fourth-order valence-corrected chi connectivity index (χ4v) is 5.70. The molecule has 4 aromatic rings. The number of fused-ring (bicyclic) bond motifs is 3. The van der Waals surface area contributed by atoms with E-state index in [1.54, 1.807) is 28.1 Å². The highest BCUT2D eigenvalue weighted by molar-refractivity contribution is 7.18. The number of rotatable bonds is 5. The second-order valence-electron chi connectivity index (χ2n) is 8.95. The van der Waals surface area contributed by atoms with Gasteiger partial charge in [-0.15, -0.1) is 10.2 Å². The first kappa shape index (κ1) is 21.5. The van der Waals surface area contributed by atoms with Gasteiger partial charge in [0.05, 0.1) is 40.3 Å². The lowest BCUT2D eigenvalue weighted by atomic mass is 10.1. The molecule has 2 N–H and O–H groups in total. The van der Waals surface area contributed by atoms with Gasteiger partial charge < -0.3 is 15.5 Å². The fraction of sp³-hybridized carbons (Fsp3) is 0.333. The number of aromatic nitrogens is 5. The van der Waals surface area contributed by atoms with Crippen LogP contribution in [0.15, 0.2) is 36.7 Å². The van der Waals surface area contributed by atoms with E-state index < -0.39 is 6.04 Å². The molecule has 0 amide bonds. The number of pyridine rings is 1. The number of piperazine rings is 1. The van der Waals surface area contributed by atoms with Gasteiger partial charge in [-0.1, -0.05) is 11.3 Å². The molecule has 3 atom stereocenters. The van der Waals surface area contributed by atoms with Gasteiger partial charge in [-0.25, -0.2) is 4.52 Å². The molecule has 0 radical (unpaired) electrons. The summed E-state index contributed by atoms with van der Waals surface area (Å²) in [6.07, 6.45) is 5.72. The van der Waals surface area contributed by atoms with Crippen LogP contribution in [0.25, 0.3) is 27.5 Å². The Morgan fingerprint density at radius 2 is 1.97 bits per heavy atom. The highest BCUT2D eigenvalue weighted by Gasteiger charge is 2.33. The molecule has 0 saturated carbocycles. The Hall–Kier alpha value is -4.06. The van der Waals surface area contributed by atoms with Crippen LogP contribution in [0.1, 0.15) is 25.3 Å². The summed E-state index contributed by atoms with van der Waals surface area (Å²) in [6.45, 7) is 3.70. The Bertz CT molecular complexity index is 1480. The molecule has 0 aromatic carbocycles. The van der Waals surface area contributed by atoms with Crippen molar-refractivity contribution in [3.63, 3.8) is 0 Å². The lowest BCUT2D eigenvalue weighted by Crippen LogP contribution is -2.51. The van der Waals surface area contributed by atoms with Crippen molar-refractivity contribution in [2.45, 2.75) is 37.9 Å². The predicted molar refractivity (Wildman–Crippen MR) is 133 cm³/mol. The van der Waals surface area contributed by atoms with E-state index in [0.717, 1.165) is 45.7 Å². The van der Waals surface area contributed by atoms with Crippen LogP contribution >= 0.6 is 11.3 Å². The minimum absolute atomic E-state index is 0.402. The van der Waals surface area contributed by atoms with E-state index in [2.05, 4.69) is 43.0 Å². The zero-order chi connectivity index (χ0) is 23.9. The molecule has 0 aliphatic carbocycles. The van der Waals surface area contributed by atoms with Gasteiger partial charge in [0, 0.05) is 37.1 Å². The maximum absolute atomic E-state index is 9.42. The van der Waals surface area contributed by atoms with Crippen molar-refractivity contribution in [3.8, 4) is 34.1 Å². The molecule has 6 heterocycles. The Balaban J connectivity index is 1.36. The number of nitrogens with one attached hydrogen (secondary N) is 2. The molecular weight excluding hydrogens is 460 g/mol. The van der Waals surface area contributed by atoms with Gasteiger partial charge in [0.2, 0.25) is 5.13 Å². The van der Waals surface area contributed by atoms with Gasteiger partial charge in [-0.05, 0) is 44.0 Å². The minimum Gasteiger partial charge on any atom is -0.369 e. The van der Waals surface area contributed by atoms with Gasteiger partial charge >= 0.3 is 0 Å². The summed E-state index contributed by atoms with van der Waals surface area (Å²) in [7, 11) is 0. The van der Waals surface area contributed by atoms with Crippen LogP contribution in [0, 0.1) is 22.7 Å². The quantitative estimate of drug-likeness (QED) is 0.440. The number of hydrogen-bond donors (Lipinski definition) is 2. The summed E-state index contributed by atoms with van der Waals surface area (Å²) in [5.74, 6) is 0. The molecule has 2 saturated heterocycles. The van der Waals surface area contributed by atoms with Crippen LogP contribution in [-0.2, 0) is 0 Å². The first-order valence-corrected chi connectivity index (χ1v) is 12.3. The highest BCUT2D eigenvalue weighted by Crippen LogP contribution is 2.36. The second-order valence-corrected chi connectivity index (χ2v) is 9.91. The fourth-order valence-electron chi connectivity index (χ4n) is 4.81. The Morgan fingerprint density at radius 3 is 2.74 bits per heavy atom. The van der Waals surface area contributed by atoms with E-state index in [1.165, 1.54) is 19.0 Å². The average Bonchev–Trinajstić information content (AvgIpc) is 3.62. The van der Waals surface area contributed by atoms with E-state index in [9.17, 15) is 5.26 Å². The molecule has 2 unspecified atom stereocenters. The van der Waals surface area contributed by atoms with Gasteiger partial charge in [0.25, 0.3) is 0 Å². The number of anilines is 2. The van der Waals surface area contributed by atoms with Crippen molar-refractivity contribution < 1.29 is 0 Å².